The van der Waals surface area contributed by atoms with Gasteiger partial charge < -0.3 is 24.8 Å². The molecule has 0 atom stereocenters. The van der Waals surface area contributed by atoms with Gasteiger partial charge in [-0.15, -0.1) is 0 Å². The van der Waals surface area contributed by atoms with E-state index in [1.807, 2.05) is 13.1 Å². The number of hydrogen-bond donors (Lipinski definition) is 2. The van der Waals surface area contributed by atoms with E-state index in [4.69, 9.17) is 14.2 Å². The first-order chi connectivity index (χ1) is 15.6. The normalized spacial score (nSPS) is 18.9. The first kappa shape index (κ1) is 24.8. The quantitative estimate of drug-likeness (QED) is 0.380. The number of methoxy groups -OCH3 is 1. The summed E-state index contributed by atoms with van der Waals surface area (Å²) in [4.78, 5) is 6.79. The Morgan fingerprint density at radius 1 is 1.22 bits per heavy atom. The van der Waals surface area contributed by atoms with Crippen molar-refractivity contribution in [3.8, 4) is 5.75 Å². The van der Waals surface area contributed by atoms with Crippen LogP contribution < -0.4 is 15.4 Å². The molecular weight excluding hydrogens is 404 g/mol. The van der Waals surface area contributed by atoms with Gasteiger partial charge in [0, 0.05) is 59.7 Å². The van der Waals surface area contributed by atoms with Gasteiger partial charge in [0.25, 0.3) is 0 Å². The topological polar surface area (TPSA) is 67.4 Å². The molecule has 7 nitrogen and oxygen atoms in total. The van der Waals surface area contributed by atoms with Crippen molar-refractivity contribution in [2.24, 2.45) is 10.4 Å². The lowest BCUT2D eigenvalue weighted by molar-refractivity contribution is 0.0392. The molecule has 32 heavy (non-hydrogen) atoms. The lowest BCUT2D eigenvalue weighted by Crippen LogP contribution is -2.46. The summed E-state index contributed by atoms with van der Waals surface area (Å²) < 4.78 is 16.8. The first-order valence-corrected chi connectivity index (χ1v) is 12.1. The van der Waals surface area contributed by atoms with Crippen molar-refractivity contribution >= 4 is 5.96 Å². The Bertz CT molecular complexity index is 702. The van der Waals surface area contributed by atoms with E-state index in [1.54, 1.807) is 7.11 Å². The van der Waals surface area contributed by atoms with Crippen LogP contribution in [-0.4, -0.2) is 77.6 Å². The second-order valence-corrected chi connectivity index (χ2v) is 9.20. The summed E-state index contributed by atoms with van der Waals surface area (Å²) >= 11 is 0. The average molecular weight is 447 g/mol. The summed E-state index contributed by atoms with van der Waals surface area (Å²) in [6.07, 6.45) is 7.18. The Kier molecular flexibility index (Phi) is 10.1. The molecule has 1 aromatic carbocycles. The molecule has 2 fully saturated rings. The third-order valence-electron chi connectivity index (χ3n) is 6.99. The maximum Gasteiger partial charge on any atom is 0.191 e. The number of nitrogens with zero attached hydrogens (tertiary/aromatic N) is 2. The fraction of sp³-hybridized carbons (Fsp3) is 0.720. The van der Waals surface area contributed by atoms with Crippen molar-refractivity contribution in [2.45, 2.75) is 51.1 Å². The predicted octanol–water partition coefficient (Wildman–Crippen LogP) is 3.05. The lowest BCUT2D eigenvalue weighted by atomic mass is 9.67. The Morgan fingerprint density at radius 2 is 2.03 bits per heavy atom. The fourth-order valence-corrected chi connectivity index (χ4v) is 4.55. The molecule has 0 spiro atoms. The number of benzene rings is 1. The molecule has 1 heterocycles. The Labute approximate surface area is 193 Å². The highest BCUT2D eigenvalue weighted by atomic mass is 16.5. The molecule has 0 aromatic heterocycles. The number of rotatable bonds is 12. The van der Waals surface area contributed by atoms with Crippen LogP contribution in [0.15, 0.2) is 29.3 Å². The van der Waals surface area contributed by atoms with E-state index in [2.05, 4.69) is 45.8 Å². The molecule has 1 aliphatic heterocycles. The minimum Gasteiger partial charge on any atom is -0.492 e. The van der Waals surface area contributed by atoms with Crippen LogP contribution in [0.3, 0.4) is 0 Å². The van der Waals surface area contributed by atoms with Crippen LogP contribution in [0.25, 0.3) is 0 Å². The van der Waals surface area contributed by atoms with Gasteiger partial charge in [0.15, 0.2) is 5.96 Å². The van der Waals surface area contributed by atoms with E-state index >= 15 is 0 Å². The van der Waals surface area contributed by atoms with E-state index in [9.17, 15) is 0 Å². The zero-order chi connectivity index (χ0) is 22.7. The second kappa shape index (κ2) is 13.0. The van der Waals surface area contributed by atoms with Gasteiger partial charge in [-0.25, -0.2) is 0 Å². The van der Waals surface area contributed by atoms with Crippen LogP contribution in [0.4, 0.5) is 0 Å². The summed E-state index contributed by atoms with van der Waals surface area (Å²) in [6, 6.07) is 8.92. The number of hydrogen-bond acceptors (Lipinski definition) is 5. The van der Waals surface area contributed by atoms with Crippen molar-refractivity contribution in [1.29, 1.82) is 0 Å². The Hall–Kier alpha value is -1.83. The molecule has 2 N–H and O–H groups in total. The van der Waals surface area contributed by atoms with E-state index in [0.717, 1.165) is 63.9 Å². The number of likely N-dealkylation sites (N-methyl/N-ethyl adjacent to an activating group) is 1. The van der Waals surface area contributed by atoms with Crippen LogP contribution in [0.5, 0.6) is 5.75 Å². The third-order valence-corrected chi connectivity index (χ3v) is 6.99. The largest absolute Gasteiger partial charge is 0.492 e. The molecule has 0 unspecified atom stereocenters. The first-order valence-electron chi connectivity index (χ1n) is 12.1. The molecule has 7 heteroatoms. The maximum atomic E-state index is 6.03. The SMILES string of the molecule is CN=C(NCc1cccc(OCCN(C)C2CCOCC2)c1)NCC1(CCOC)CCC1. The van der Waals surface area contributed by atoms with Crippen LogP contribution in [0, 0.1) is 5.41 Å². The average Bonchev–Trinajstić information content (AvgIpc) is 2.80. The van der Waals surface area contributed by atoms with E-state index in [-0.39, 0.29) is 0 Å². The lowest BCUT2D eigenvalue weighted by Gasteiger charge is -2.42. The molecule has 3 rings (SSSR count). The summed E-state index contributed by atoms with van der Waals surface area (Å²) in [7, 11) is 5.79. The molecule has 1 saturated carbocycles. The van der Waals surface area contributed by atoms with Gasteiger partial charge in [-0.1, -0.05) is 18.6 Å². The molecule has 1 saturated heterocycles. The van der Waals surface area contributed by atoms with Crippen LogP contribution in [0.1, 0.15) is 44.1 Å². The highest BCUT2D eigenvalue weighted by Crippen LogP contribution is 2.43. The number of ether oxygens (including phenoxy) is 3. The molecule has 0 bridgehead atoms. The summed E-state index contributed by atoms with van der Waals surface area (Å²) in [5, 5.41) is 6.96. The second-order valence-electron chi connectivity index (χ2n) is 9.20. The fourth-order valence-electron chi connectivity index (χ4n) is 4.55. The van der Waals surface area contributed by atoms with Gasteiger partial charge in [-0.2, -0.15) is 0 Å². The van der Waals surface area contributed by atoms with Crippen molar-refractivity contribution in [3.63, 3.8) is 0 Å². The third kappa shape index (κ3) is 7.64. The Morgan fingerprint density at radius 3 is 2.72 bits per heavy atom. The van der Waals surface area contributed by atoms with Crippen LogP contribution in [-0.2, 0) is 16.0 Å². The molecule has 0 radical (unpaired) electrons. The monoisotopic (exact) mass is 446 g/mol. The van der Waals surface area contributed by atoms with Gasteiger partial charge in [0.1, 0.15) is 12.4 Å². The van der Waals surface area contributed by atoms with E-state index in [0.29, 0.717) is 24.6 Å². The van der Waals surface area contributed by atoms with E-state index < -0.39 is 0 Å². The zero-order valence-corrected chi connectivity index (χ0v) is 20.2. The molecule has 2 aliphatic rings. The van der Waals surface area contributed by atoms with Crippen molar-refractivity contribution < 1.29 is 14.2 Å². The van der Waals surface area contributed by atoms with Gasteiger partial charge in [0.05, 0.1) is 0 Å². The van der Waals surface area contributed by atoms with Crippen molar-refractivity contribution in [3.05, 3.63) is 29.8 Å². The molecule has 1 aliphatic carbocycles. The predicted molar refractivity (Wildman–Crippen MR) is 129 cm³/mol. The van der Waals surface area contributed by atoms with Crippen molar-refractivity contribution in [2.75, 3.05) is 60.7 Å². The maximum absolute atomic E-state index is 6.03. The standard InChI is InChI=1S/C25H42N4O3/c1-26-24(28-20-25(10-5-11-25)12-16-30-3)27-19-21-6-4-7-23(18-21)32-17-13-29(2)22-8-14-31-15-9-22/h4,6-7,18,22H,5,8-17,19-20H2,1-3H3,(H2,26,27,28). The minimum atomic E-state index is 0.360. The smallest absolute Gasteiger partial charge is 0.191 e. The number of guanidine groups is 1. The van der Waals surface area contributed by atoms with Gasteiger partial charge in [0.2, 0.25) is 0 Å². The summed E-state index contributed by atoms with van der Waals surface area (Å²) in [5.74, 6) is 1.76. The van der Waals surface area contributed by atoms with Gasteiger partial charge in [-0.3, -0.25) is 9.89 Å². The van der Waals surface area contributed by atoms with E-state index in [1.165, 1.54) is 24.8 Å². The molecule has 0 amide bonds. The highest BCUT2D eigenvalue weighted by Gasteiger charge is 2.36. The highest BCUT2D eigenvalue weighted by molar-refractivity contribution is 5.79. The summed E-state index contributed by atoms with van der Waals surface area (Å²) in [6.45, 7) is 5.84. The van der Waals surface area contributed by atoms with Crippen LogP contribution >= 0.6 is 0 Å². The van der Waals surface area contributed by atoms with Crippen molar-refractivity contribution in [1.82, 2.24) is 15.5 Å². The zero-order valence-electron chi connectivity index (χ0n) is 20.2. The number of nitrogens with one attached hydrogen (secondary N) is 2. The van der Waals surface area contributed by atoms with Crippen LogP contribution in [0.2, 0.25) is 0 Å². The summed E-state index contributed by atoms with van der Waals surface area (Å²) in [5.41, 5.74) is 1.54. The number of aliphatic imine (C=N–C) groups is 1. The molecule has 180 valence electrons. The molecular formula is C25H42N4O3. The minimum absolute atomic E-state index is 0.360. The van der Waals surface area contributed by atoms with Gasteiger partial charge >= 0.3 is 0 Å². The Balaban J connectivity index is 1.39. The molecule has 1 aromatic rings. The van der Waals surface area contributed by atoms with Gasteiger partial charge in [-0.05, 0) is 62.3 Å².